The lowest BCUT2D eigenvalue weighted by Gasteiger charge is -2.33. The molecule has 0 saturated carbocycles. The van der Waals surface area contributed by atoms with Gasteiger partial charge in [0.15, 0.2) is 12.2 Å². The van der Waals surface area contributed by atoms with Crippen LogP contribution in [0.3, 0.4) is 0 Å². The number of hydrogen-bond acceptors (Lipinski definition) is 8. The second kappa shape index (κ2) is 18.2. The number of carbonyl (C=O) groups is 2. The molecule has 0 radical (unpaired) electrons. The minimum atomic E-state index is -0.541. The third-order valence-corrected chi connectivity index (χ3v) is 14.4. The highest BCUT2D eigenvalue weighted by atomic mass is 35.5. The third-order valence-electron chi connectivity index (χ3n) is 14.0. The van der Waals surface area contributed by atoms with Crippen LogP contribution in [0, 0.1) is 0 Å². The summed E-state index contributed by atoms with van der Waals surface area (Å²) in [6.45, 7) is 2.79. The minimum Gasteiger partial charge on any atom is -0.508 e. The van der Waals surface area contributed by atoms with Gasteiger partial charge in [0, 0.05) is 107 Å². The number of nitrogens with one attached hydrogen (secondary N) is 2. The summed E-state index contributed by atoms with van der Waals surface area (Å²) in [6.07, 6.45) is 10.8. The zero-order valence-electron chi connectivity index (χ0n) is 37.0. The van der Waals surface area contributed by atoms with E-state index < -0.39 is 12.2 Å². The molecular weight excluding hydrogens is 900 g/mol. The molecule has 4 aromatic heterocycles. The highest BCUT2D eigenvalue weighted by molar-refractivity contribution is 6.31. The Morgan fingerprint density at radius 1 is 0.544 bits per heavy atom. The average Bonchev–Trinajstić information content (AvgIpc) is 4.21. The molecule has 4 aliphatic rings. The molecule has 0 bridgehead atoms. The van der Waals surface area contributed by atoms with Gasteiger partial charge in [0.1, 0.15) is 34.3 Å². The molecule has 2 amide bonds. The molecule has 8 heterocycles. The fourth-order valence-electron chi connectivity index (χ4n) is 10.5. The Hall–Kier alpha value is -7.02. The number of pyridine rings is 2. The molecule has 0 spiro atoms. The summed E-state index contributed by atoms with van der Waals surface area (Å²) in [4.78, 5) is 45.6. The third kappa shape index (κ3) is 8.47. The fourth-order valence-corrected chi connectivity index (χ4v) is 11.0. The number of phenols is 2. The van der Waals surface area contributed by atoms with Crippen molar-refractivity contribution in [2.45, 2.75) is 62.6 Å². The van der Waals surface area contributed by atoms with E-state index in [1.807, 2.05) is 95.0 Å². The van der Waals surface area contributed by atoms with Crippen LogP contribution in [0.2, 0.25) is 10.0 Å². The molecule has 68 heavy (non-hydrogen) atoms. The van der Waals surface area contributed by atoms with Crippen LogP contribution in [-0.4, -0.2) is 90.2 Å². The number of benzene rings is 4. The van der Waals surface area contributed by atoms with Gasteiger partial charge in [0.05, 0.1) is 0 Å². The maximum absolute atomic E-state index is 13.4. The van der Waals surface area contributed by atoms with E-state index in [0.717, 1.165) is 92.6 Å². The Kier molecular flexibility index (Phi) is 11.7. The van der Waals surface area contributed by atoms with Crippen LogP contribution in [0.15, 0.2) is 122 Å². The summed E-state index contributed by atoms with van der Waals surface area (Å²) in [5, 5.41) is 22.3. The molecule has 2 fully saturated rings. The smallest absolute Gasteiger partial charge is 0.263 e. The number of phenolic OH excluding ortho intramolecular Hbond substituents is 2. The van der Waals surface area contributed by atoms with Crippen molar-refractivity contribution in [1.82, 2.24) is 29.7 Å². The van der Waals surface area contributed by atoms with Crippen LogP contribution in [0.5, 0.6) is 23.0 Å². The lowest BCUT2D eigenvalue weighted by Crippen LogP contribution is -2.45. The quantitative estimate of drug-likeness (QED) is 0.128. The number of fused-ring (bicyclic) bond motifs is 4. The number of carbonyl (C=O) groups excluding carboxylic acids is 2. The highest BCUT2D eigenvalue weighted by Crippen LogP contribution is 2.45. The first-order chi connectivity index (χ1) is 33.1. The monoisotopic (exact) mass is 946 g/mol. The SMILES string of the molecule is O=C([C@@H]1Cc2cc(Cl)cc(-c3ccnc4[nH]ccc34)c2O1)N1CCC(c2ccc(O)cc2)CC1.O=C([C@H]1Cc2cc(Cl)cc(-c3ccnc4[nH]ccc34)c2O1)N1CCC(c2ccc(O)cc2)CC1. The first-order valence-electron chi connectivity index (χ1n) is 23.1. The summed E-state index contributed by atoms with van der Waals surface area (Å²) in [5.74, 6) is 2.87. The van der Waals surface area contributed by atoms with Crippen LogP contribution in [0.4, 0.5) is 0 Å². The Balaban J connectivity index is 0.000000149. The number of halogens is 2. The number of nitrogens with zero attached hydrogens (tertiary/aromatic N) is 4. The van der Waals surface area contributed by atoms with Crippen molar-refractivity contribution in [2.75, 3.05) is 26.2 Å². The number of H-pyrrole nitrogens is 2. The number of rotatable bonds is 6. The minimum absolute atomic E-state index is 0.0314. The van der Waals surface area contributed by atoms with Crippen molar-refractivity contribution in [3.8, 4) is 45.3 Å². The maximum Gasteiger partial charge on any atom is 0.263 e. The van der Waals surface area contributed by atoms with E-state index in [-0.39, 0.29) is 23.3 Å². The molecule has 14 heteroatoms. The van der Waals surface area contributed by atoms with Crippen LogP contribution < -0.4 is 9.47 Å². The number of ether oxygens (including phenoxy) is 2. The predicted octanol–water partition coefficient (Wildman–Crippen LogP) is 10.6. The van der Waals surface area contributed by atoms with E-state index in [4.69, 9.17) is 32.7 Å². The van der Waals surface area contributed by atoms with Gasteiger partial charge in [-0.1, -0.05) is 47.5 Å². The molecule has 8 aromatic rings. The van der Waals surface area contributed by atoms with E-state index in [1.165, 1.54) is 11.1 Å². The number of aromatic hydroxyl groups is 2. The summed E-state index contributed by atoms with van der Waals surface area (Å²) in [6, 6.07) is 30.3. The van der Waals surface area contributed by atoms with E-state index in [2.05, 4.69) is 19.9 Å². The summed E-state index contributed by atoms with van der Waals surface area (Å²) in [7, 11) is 0. The molecule has 0 unspecified atom stereocenters. The number of amides is 2. The van der Waals surface area contributed by atoms with Crippen molar-refractivity contribution in [3.63, 3.8) is 0 Å². The standard InChI is InChI=1S/2C27H24ClN3O3/c2*28-19-13-18-14-24(27(33)31-11-7-17(8-12-31)16-1-3-20(32)4-2-16)34-25(18)23(15-19)21-5-9-29-26-22(21)6-10-30-26/h2*1-6,9-10,13,15,17,24,32H,7-8,11-12,14H2,(H,29,30)/t2*24-/m10/s1. The molecular formula is C54H48Cl2N6O6. The summed E-state index contributed by atoms with van der Waals surface area (Å²) >= 11 is 12.9. The molecule has 2 saturated heterocycles. The van der Waals surface area contributed by atoms with Crippen LogP contribution in [0.1, 0.15) is 59.8 Å². The number of aromatic nitrogens is 4. The van der Waals surface area contributed by atoms with Crippen molar-refractivity contribution >= 4 is 57.1 Å². The summed E-state index contributed by atoms with van der Waals surface area (Å²) in [5.41, 5.74) is 9.67. The van der Waals surface area contributed by atoms with Gasteiger partial charge < -0.3 is 39.5 Å². The number of piperidine rings is 2. The van der Waals surface area contributed by atoms with Gasteiger partial charge >= 0.3 is 0 Å². The molecule has 4 aromatic carbocycles. The Morgan fingerprint density at radius 3 is 1.34 bits per heavy atom. The van der Waals surface area contributed by atoms with E-state index >= 15 is 0 Å². The highest BCUT2D eigenvalue weighted by Gasteiger charge is 2.38. The molecule has 12 nitrogen and oxygen atoms in total. The Morgan fingerprint density at radius 2 is 0.941 bits per heavy atom. The largest absolute Gasteiger partial charge is 0.508 e. The molecule has 12 rings (SSSR count). The molecule has 0 aliphatic carbocycles. The number of aromatic amines is 2. The van der Waals surface area contributed by atoms with Gasteiger partial charge in [-0.15, -0.1) is 0 Å². The lowest BCUT2D eigenvalue weighted by molar-refractivity contribution is -0.139. The lowest BCUT2D eigenvalue weighted by atomic mass is 9.89. The van der Waals surface area contributed by atoms with Gasteiger partial charge in [-0.2, -0.15) is 0 Å². The van der Waals surface area contributed by atoms with Crippen molar-refractivity contribution in [3.05, 3.63) is 154 Å². The Bertz CT molecular complexity index is 2960. The predicted molar refractivity (Wildman–Crippen MR) is 263 cm³/mol. The van der Waals surface area contributed by atoms with Crippen LogP contribution >= 0.6 is 23.2 Å². The van der Waals surface area contributed by atoms with Gasteiger partial charge in [0.25, 0.3) is 11.8 Å². The number of likely N-dealkylation sites (tertiary alicyclic amines) is 2. The van der Waals surface area contributed by atoms with Gasteiger partial charge in [-0.05, 0) is 133 Å². The number of hydrogen-bond donors (Lipinski definition) is 4. The van der Waals surface area contributed by atoms with Crippen LogP contribution in [-0.2, 0) is 22.4 Å². The van der Waals surface area contributed by atoms with E-state index in [9.17, 15) is 19.8 Å². The molecule has 4 aliphatic heterocycles. The van der Waals surface area contributed by atoms with E-state index in [1.54, 1.807) is 36.7 Å². The van der Waals surface area contributed by atoms with Crippen LogP contribution in [0.25, 0.3) is 44.3 Å². The molecule has 2 atom stereocenters. The maximum atomic E-state index is 13.4. The second-order valence-electron chi connectivity index (χ2n) is 18.1. The zero-order chi connectivity index (χ0) is 46.5. The molecule has 344 valence electrons. The topological polar surface area (TPSA) is 157 Å². The van der Waals surface area contributed by atoms with Gasteiger partial charge in [-0.25, -0.2) is 9.97 Å². The zero-order valence-corrected chi connectivity index (χ0v) is 38.5. The normalized spacial score (nSPS) is 18.1. The van der Waals surface area contributed by atoms with Crippen molar-refractivity contribution < 1.29 is 29.3 Å². The van der Waals surface area contributed by atoms with Crippen molar-refractivity contribution in [2.24, 2.45) is 0 Å². The fraction of sp³-hybridized carbons (Fsp3) is 0.259. The van der Waals surface area contributed by atoms with E-state index in [0.29, 0.717) is 60.9 Å². The average molecular weight is 948 g/mol. The van der Waals surface area contributed by atoms with Gasteiger partial charge in [0.2, 0.25) is 0 Å². The molecule has 4 N–H and O–H groups in total. The van der Waals surface area contributed by atoms with Crippen molar-refractivity contribution in [1.29, 1.82) is 0 Å². The van der Waals surface area contributed by atoms with Gasteiger partial charge in [-0.3, -0.25) is 9.59 Å². The second-order valence-corrected chi connectivity index (χ2v) is 19.0. The Labute approximate surface area is 402 Å². The summed E-state index contributed by atoms with van der Waals surface area (Å²) < 4.78 is 12.6. The first-order valence-corrected chi connectivity index (χ1v) is 23.9. The first kappa shape index (κ1) is 43.5.